The molecule has 0 rings (SSSR count). The highest BCUT2D eigenvalue weighted by atomic mass is 16.3. The first-order chi connectivity index (χ1) is 5.70. The number of aliphatic hydroxyl groups is 1. The van der Waals surface area contributed by atoms with Crippen LogP contribution >= 0.6 is 0 Å². The molecule has 0 amide bonds. The lowest BCUT2D eigenvalue weighted by molar-refractivity contribution is 0.257. The van der Waals surface area contributed by atoms with Crippen molar-refractivity contribution in [2.24, 2.45) is 5.73 Å². The number of nitrogens with zero attached hydrogens (tertiary/aromatic N) is 1. The zero-order valence-electron chi connectivity index (χ0n) is 7.71. The number of rotatable bonds is 7. The second kappa shape index (κ2) is 7.09. The van der Waals surface area contributed by atoms with Gasteiger partial charge in [0.1, 0.15) is 0 Å². The fourth-order valence-corrected chi connectivity index (χ4v) is 0.981. The highest BCUT2D eigenvalue weighted by Crippen LogP contribution is 1.91. The minimum Gasteiger partial charge on any atom is -0.512 e. The summed E-state index contributed by atoms with van der Waals surface area (Å²) < 4.78 is 0. The average Bonchev–Trinajstić information content (AvgIpc) is 2.00. The Balaban J connectivity index is 3.61. The van der Waals surface area contributed by atoms with E-state index in [1.807, 2.05) is 7.05 Å². The molecule has 4 heteroatoms. The van der Waals surface area contributed by atoms with E-state index in [1.54, 1.807) is 0 Å². The molecule has 0 aromatic carbocycles. The van der Waals surface area contributed by atoms with Gasteiger partial charge in [-0.3, -0.25) is 4.90 Å². The molecule has 0 aliphatic carbocycles. The molecule has 0 saturated heterocycles. The summed E-state index contributed by atoms with van der Waals surface area (Å²) >= 11 is 0. The Labute approximate surface area is 74.0 Å². The Morgan fingerprint density at radius 1 is 1.58 bits per heavy atom. The molecule has 0 aliphatic rings. The van der Waals surface area contributed by atoms with Crippen molar-refractivity contribution in [3.8, 4) is 0 Å². The molecule has 0 unspecified atom stereocenters. The van der Waals surface area contributed by atoms with Gasteiger partial charge in [-0.15, -0.1) is 0 Å². The molecule has 4 nitrogen and oxygen atoms in total. The molecule has 72 valence electrons. The summed E-state index contributed by atoms with van der Waals surface area (Å²) in [6, 6.07) is 0. The van der Waals surface area contributed by atoms with Gasteiger partial charge in [0.2, 0.25) is 0 Å². The topological polar surface area (TPSA) is 61.5 Å². The summed E-state index contributed by atoms with van der Waals surface area (Å²) in [5.74, 6) is 0.194. The lowest BCUT2D eigenvalue weighted by Crippen LogP contribution is -2.36. The summed E-state index contributed by atoms with van der Waals surface area (Å²) in [5.41, 5.74) is 5.40. The van der Waals surface area contributed by atoms with Gasteiger partial charge >= 0.3 is 0 Å². The molecule has 0 aromatic rings. The largest absolute Gasteiger partial charge is 0.512 e. The van der Waals surface area contributed by atoms with Gasteiger partial charge < -0.3 is 16.2 Å². The predicted molar refractivity (Wildman–Crippen MR) is 51.2 cm³/mol. The van der Waals surface area contributed by atoms with E-state index < -0.39 is 0 Å². The molecule has 0 fully saturated rings. The van der Waals surface area contributed by atoms with Gasteiger partial charge in [-0.25, -0.2) is 0 Å². The van der Waals surface area contributed by atoms with Gasteiger partial charge in [-0.2, -0.15) is 0 Å². The third-order valence-electron chi connectivity index (χ3n) is 1.53. The normalized spacial score (nSPS) is 10.6. The van der Waals surface area contributed by atoms with Gasteiger partial charge in [-0.1, -0.05) is 6.58 Å². The fourth-order valence-electron chi connectivity index (χ4n) is 0.981. The van der Waals surface area contributed by atoms with Crippen molar-refractivity contribution >= 4 is 0 Å². The maximum Gasteiger partial charge on any atom is 0.0991 e. The molecule has 12 heavy (non-hydrogen) atoms. The minimum absolute atomic E-state index is 0.194. The maximum atomic E-state index is 8.95. The second-order valence-electron chi connectivity index (χ2n) is 2.73. The Kier molecular flexibility index (Phi) is 6.75. The van der Waals surface area contributed by atoms with Crippen LogP contribution in [0.5, 0.6) is 0 Å². The van der Waals surface area contributed by atoms with E-state index in [-0.39, 0.29) is 5.76 Å². The van der Waals surface area contributed by atoms with Crippen LogP contribution < -0.4 is 11.1 Å². The van der Waals surface area contributed by atoms with Crippen LogP contribution in [-0.4, -0.2) is 49.8 Å². The van der Waals surface area contributed by atoms with E-state index in [2.05, 4.69) is 16.8 Å². The standard InChI is InChI=1S/C8H19N3O/c1-8(12)7-11(5-3-9)6-4-10-2/h10,12H,1,3-7,9H2,2H3. The maximum absolute atomic E-state index is 8.95. The van der Waals surface area contributed by atoms with E-state index in [0.29, 0.717) is 13.1 Å². The molecule has 0 aromatic heterocycles. The molecule has 0 atom stereocenters. The van der Waals surface area contributed by atoms with Gasteiger partial charge in [0.15, 0.2) is 0 Å². The molecular formula is C8H19N3O. The fraction of sp³-hybridized carbons (Fsp3) is 0.750. The van der Waals surface area contributed by atoms with Crippen molar-refractivity contribution in [3.05, 3.63) is 12.3 Å². The van der Waals surface area contributed by atoms with Crippen LogP contribution in [0.25, 0.3) is 0 Å². The van der Waals surface area contributed by atoms with Crippen LogP contribution in [-0.2, 0) is 0 Å². The van der Waals surface area contributed by atoms with Crippen molar-refractivity contribution < 1.29 is 5.11 Å². The molecule has 0 heterocycles. The van der Waals surface area contributed by atoms with E-state index in [4.69, 9.17) is 10.8 Å². The summed E-state index contributed by atoms with van der Waals surface area (Å²) in [5, 5.41) is 12.0. The Bertz CT molecular complexity index is 127. The van der Waals surface area contributed by atoms with Crippen molar-refractivity contribution in [1.82, 2.24) is 10.2 Å². The van der Waals surface area contributed by atoms with Crippen LogP contribution in [0.15, 0.2) is 12.3 Å². The molecule has 0 spiro atoms. The van der Waals surface area contributed by atoms with Crippen LogP contribution in [0.2, 0.25) is 0 Å². The number of hydrogen-bond acceptors (Lipinski definition) is 4. The van der Waals surface area contributed by atoms with E-state index in [1.165, 1.54) is 0 Å². The highest BCUT2D eigenvalue weighted by Gasteiger charge is 2.03. The lowest BCUT2D eigenvalue weighted by Gasteiger charge is -2.20. The monoisotopic (exact) mass is 173 g/mol. The predicted octanol–water partition coefficient (Wildman–Crippen LogP) is -0.462. The highest BCUT2D eigenvalue weighted by molar-refractivity contribution is 4.83. The van der Waals surface area contributed by atoms with Gasteiger partial charge in [-0.05, 0) is 7.05 Å². The van der Waals surface area contributed by atoms with Crippen LogP contribution in [0, 0.1) is 0 Å². The molecule has 4 N–H and O–H groups in total. The summed E-state index contributed by atoms with van der Waals surface area (Å²) in [6.45, 7) is 7.13. The molecule has 0 radical (unpaired) electrons. The second-order valence-corrected chi connectivity index (χ2v) is 2.73. The quantitative estimate of drug-likeness (QED) is 0.456. The summed E-state index contributed by atoms with van der Waals surface area (Å²) in [7, 11) is 1.90. The van der Waals surface area contributed by atoms with Crippen LogP contribution in [0.1, 0.15) is 0 Å². The number of aliphatic hydroxyl groups excluding tert-OH is 1. The van der Waals surface area contributed by atoms with E-state index in [9.17, 15) is 0 Å². The number of likely N-dealkylation sites (N-methyl/N-ethyl adjacent to an activating group) is 1. The molecule has 0 aliphatic heterocycles. The minimum atomic E-state index is 0.194. The van der Waals surface area contributed by atoms with E-state index >= 15 is 0 Å². The first-order valence-corrected chi connectivity index (χ1v) is 4.14. The lowest BCUT2D eigenvalue weighted by atomic mass is 10.4. The smallest absolute Gasteiger partial charge is 0.0991 e. The van der Waals surface area contributed by atoms with Crippen molar-refractivity contribution in [2.45, 2.75) is 0 Å². The van der Waals surface area contributed by atoms with Crippen molar-refractivity contribution in [2.75, 3.05) is 39.8 Å². The Morgan fingerprint density at radius 2 is 2.25 bits per heavy atom. The van der Waals surface area contributed by atoms with E-state index in [0.717, 1.165) is 19.6 Å². The first-order valence-electron chi connectivity index (χ1n) is 4.14. The molecule has 0 saturated carbocycles. The Morgan fingerprint density at radius 3 is 2.67 bits per heavy atom. The van der Waals surface area contributed by atoms with Crippen molar-refractivity contribution in [3.63, 3.8) is 0 Å². The van der Waals surface area contributed by atoms with Gasteiger partial charge in [0, 0.05) is 26.2 Å². The zero-order chi connectivity index (χ0) is 9.40. The van der Waals surface area contributed by atoms with Gasteiger partial charge in [0.25, 0.3) is 0 Å². The number of nitrogens with two attached hydrogens (primary N) is 1. The SMILES string of the molecule is C=C(O)CN(CCN)CCNC. The average molecular weight is 173 g/mol. The Hall–Kier alpha value is -0.580. The number of hydrogen-bond donors (Lipinski definition) is 3. The molecular weight excluding hydrogens is 154 g/mol. The third kappa shape index (κ3) is 6.15. The molecule has 0 bridgehead atoms. The first kappa shape index (κ1) is 11.4. The summed E-state index contributed by atoms with van der Waals surface area (Å²) in [6.07, 6.45) is 0. The summed E-state index contributed by atoms with van der Waals surface area (Å²) in [4.78, 5) is 2.05. The zero-order valence-corrected chi connectivity index (χ0v) is 7.71. The van der Waals surface area contributed by atoms with Crippen molar-refractivity contribution in [1.29, 1.82) is 0 Å². The van der Waals surface area contributed by atoms with Crippen LogP contribution in [0.3, 0.4) is 0 Å². The van der Waals surface area contributed by atoms with Crippen LogP contribution in [0.4, 0.5) is 0 Å². The third-order valence-corrected chi connectivity index (χ3v) is 1.53. The number of nitrogens with one attached hydrogen (secondary N) is 1. The van der Waals surface area contributed by atoms with Gasteiger partial charge in [0.05, 0.1) is 12.3 Å².